The Kier molecular flexibility index (Phi) is 9.77. The molecule has 0 spiro atoms. The molecule has 1 amide bonds. The van der Waals surface area contributed by atoms with Crippen molar-refractivity contribution in [3.05, 3.63) is 47.5 Å². The zero-order chi connectivity index (χ0) is 26.9. The third-order valence-electron chi connectivity index (χ3n) is 6.28. The number of anilines is 1. The monoisotopic (exact) mass is 582 g/mol. The molecule has 1 aromatic heterocycles. The highest BCUT2D eigenvalue weighted by molar-refractivity contribution is 7.89. The molecule has 0 aliphatic carbocycles. The minimum atomic E-state index is -3.70. The van der Waals surface area contributed by atoms with Gasteiger partial charge in [0, 0.05) is 31.7 Å². The Morgan fingerprint density at radius 1 is 1.11 bits per heavy atom. The van der Waals surface area contributed by atoms with Gasteiger partial charge in [0.1, 0.15) is 11.3 Å². The van der Waals surface area contributed by atoms with Gasteiger partial charge in [-0.15, -0.1) is 12.4 Å². The summed E-state index contributed by atoms with van der Waals surface area (Å²) < 4.78 is 40.0. The number of aromatic nitrogens is 1. The predicted molar refractivity (Wildman–Crippen MR) is 154 cm³/mol. The van der Waals surface area contributed by atoms with Crippen molar-refractivity contribution >= 4 is 55.0 Å². The minimum absolute atomic E-state index is 0. The number of benzene rings is 2. The number of carbonyl (C=O) groups excluding carboxylic acids is 1. The number of nitrogens with zero attached hydrogens (tertiary/aromatic N) is 4. The van der Waals surface area contributed by atoms with E-state index >= 15 is 0 Å². The van der Waals surface area contributed by atoms with Crippen LogP contribution in [-0.2, 0) is 14.8 Å². The Labute approximate surface area is 234 Å². The third-order valence-corrected chi connectivity index (χ3v) is 9.34. The maximum Gasteiger partial charge on any atom is 0.260 e. The van der Waals surface area contributed by atoms with E-state index in [4.69, 9.17) is 14.5 Å². The molecule has 9 nitrogen and oxygen atoms in total. The largest absolute Gasteiger partial charge is 0.494 e. The Balaban J connectivity index is 0.00000400. The number of fused-ring (bicyclic) bond motifs is 1. The van der Waals surface area contributed by atoms with E-state index in [9.17, 15) is 13.2 Å². The molecule has 1 aliphatic heterocycles. The summed E-state index contributed by atoms with van der Waals surface area (Å²) in [5.74, 6) is 0.416. The zero-order valence-electron chi connectivity index (χ0n) is 22.5. The van der Waals surface area contributed by atoms with Crippen molar-refractivity contribution in [3.8, 4) is 5.75 Å². The van der Waals surface area contributed by atoms with E-state index in [1.807, 2.05) is 51.9 Å². The van der Waals surface area contributed by atoms with Crippen molar-refractivity contribution in [2.75, 3.05) is 52.3 Å². The fourth-order valence-corrected chi connectivity index (χ4v) is 7.03. The van der Waals surface area contributed by atoms with Crippen LogP contribution in [0.2, 0.25) is 0 Å². The van der Waals surface area contributed by atoms with Gasteiger partial charge in [0.2, 0.25) is 10.0 Å². The number of ether oxygens (including phenoxy) is 2. The first-order valence-electron chi connectivity index (χ1n) is 12.2. The van der Waals surface area contributed by atoms with Crippen LogP contribution in [0.1, 0.15) is 29.8 Å². The van der Waals surface area contributed by atoms with Crippen molar-refractivity contribution in [2.45, 2.75) is 37.9 Å². The topological polar surface area (TPSA) is 92.3 Å². The summed E-state index contributed by atoms with van der Waals surface area (Å²) in [6.45, 7) is 7.39. The molecule has 0 radical (unpaired) electrons. The lowest BCUT2D eigenvalue weighted by Crippen LogP contribution is -2.48. The standard InChI is InChI=1S/C26H34N4O5S2.ClH/c1-17-7-12-22(34-6)23-24(17)36-26(27-23)30(14-13-28(4)5)25(31)20-8-10-21(11-9-20)37(32,33)29-15-18(2)35-19(3)16-29;/h7-12,18-19H,13-16H2,1-6H3;1H. The van der Waals surface area contributed by atoms with Crippen LogP contribution in [0.15, 0.2) is 41.3 Å². The summed E-state index contributed by atoms with van der Waals surface area (Å²) in [6.07, 6.45) is -0.360. The van der Waals surface area contributed by atoms with Crippen LogP contribution in [0.5, 0.6) is 5.75 Å². The molecule has 2 aromatic carbocycles. The Morgan fingerprint density at radius 3 is 2.32 bits per heavy atom. The summed E-state index contributed by atoms with van der Waals surface area (Å²) in [5.41, 5.74) is 2.17. The van der Waals surface area contributed by atoms with Crippen molar-refractivity contribution in [3.63, 3.8) is 0 Å². The average Bonchev–Trinajstić information content (AvgIpc) is 3.29. The molecule has 0 saturated carbocycles. The average molecular weight is 583 g/mol. The van der Waals surface area contributed by atoms with Gasteiger partial charge in [-0.1, -0.05) is 17.4 Å². The summed E-state index contributed by atoms with van der Waals surface area (Å²) in [4.78, 5) is 22.3. The second-order valence-corrected chi connectivity index (χ2v) is 12.5. The first kappa shape index (κ1) is 30.3. The van der Waals surface area contributed by atoms with E-state index < -0.39 is 10.0 Å². The summed E-state index contributed by atoms with van der Waals surface area (Å²) in [6, 6.07) is 10.0. The quantitative estimate of drug-likeness (QED) is 0.396. The molecule has 1 fully saturated rings. The van der Waals surface area contributed by atoms with Crippen LogP contribution in [0.4, 0.5) is 5.13 Å². The molecule has 208 valence electrons. The lowest BCUT2D eigenvalue weighted by atomic mass is 10.2. The first-order chi connectivity index (χ1) is 17.5. The van der Waals surface area contributed by atoms with Crippen LogP contribution in [0, 0.1) is 6.92 Å². The van der Waals surface area contributed by atoms with E-state index in [-0.39, 0.29) is 35.4 Å². The molecule has 4 rings (SSSR count). The van der Waals surface area contributed by atoms with Crippen LogP contribution in [0.3, 0.4) is 0 Å². The molecular formula is C26H35ClN4O5S2. The molecule has 38 heavy (non-hydrogen) atoms. The number of halogens is 1. The number of rotatable bonds is 8. The van der Waals surface area contributed by atoms with Crippen molar-refractivity contribution < 1.29 is 22.7 Å². The summed E-state index contributed by atoms with van der Waals surface area (Å²) in [7, 11) is 1.80. The molecule has 12 heteroatoms. The number of amides is 1. The normalized spacial score (nSPS) is 18.4. The van der Waals surface area contributed by atoms with Crippen molar-refractivity contribution in [2.24, 2.45) is 0 Å². The van der Waals surface area contributed by atoms with Crippen LogP contribution in [0.25, 0.3) is 10.2 Å². The van der Waals surface area contributed by atoms with E-state index in [2.05, 4.69) is 0 Å². The number of hydrogen-bond acceptors (Lipinski definition) is 8. The SMILES string of the molecule is COc1ccc(C)c2sc(N(CCN(C)C)C(=O)c3ccc(S(=O)(=O)N4CC(C)OC(C)C4)cc3)nc12.Cl. The van der Waals surface area contributed by atoms with Crippen molar-refractivity contribution in [1.82, 2.24) is 14.2 Å². The summed E-state index contributed by atoms with van der Waals surface area (Å²) in [5, 5.41) is 0.572. The Bertz CT molecular complexity index is 1370. The first-order valence-corrected chi connectivity index (χ1v) is 14.4. The van der Waals surface area contributed by atoms with Gasteiger partial charge >= 0.3 is 0 Å². The van der Waals surface area contributed by atoms with E-state index in [0.717, 1.165) is 15.8 Å². The van der Waals surface area contributed by atoms with Gasteiger partial charge in [-0.2, -0.15) is 4.31 Å². The third kappa shape index (κ3) is 6.30. The number of likely N-dealkylation sites (N-methyl/N-ethyl adjacent to an activating group) is 1. The van der Waals surface area contributed by atoms with Gasteiger partial charge < -0.3 is 14.4 Å². The molecular weight excluding hydrogens is 548 g/mol. The lowest BCUT2D eigenvalue weighted by molar-refractivity contribution is -0.0440. The fraction of sp³-hybridized carbons (Fsp3) is 0.462. The molecule has 1 saturated heterocycles. The van der Waals surface area contributed by atoms with Crippen molar-refractivity contribution in [1.29, 1.82) is 0 Å². The van der Waals surface area contributed by atoms with Gasteiger partial charge in [-0.05, 0) is 70.8 Å². The van der Waals surface area contributed by atoms with Crippen LogP contribution < -0.4 is 9.64 Å². The second-order valence-electron chi connectivity index (χ2n) is 9.62. The highest BCUT2D eigenvalue weighted by Gasteiger charge is 2.32. The predicted octanol–water partition coefficient (Wildman–Crippen LogP) is 4.04. The van der Waals surface area contributed by atoms with E-state index in [1.54, 1.807) is 24.1 Å². The van der Waals surface area contributed by atoms with Gasteiger partial charge in [0.05, 0.1) is 28.9 Å². The number of hydrogen-bond donors (Lipinski definition) is 0. The fourth-order valence-electron chi connectivity index (χ4n) is 4.36. The summed E-state index contributed by atoms with van der Waals surface area (Å²) >= 11 is 1.44. The molecule has 1 aliphatic rings. The lowest BCUT2D eigenvalue weighted by Gasteiger charge is -2.34. The van der Waals surface area contributed by atoms with E-state index in [0.29, 0.717) is 42.6 Å². The number of sulfonamides is 1. The van der Waals surface area contributed by atoms with E-state index in [1.165, 1.54) is 27.8 Å². The zero-order valence-corrected chi connectivity index (χ0v) is 25.0. The van der Waals surface area contributed by atoms with Gasteiger partial charge in [-0.3, -0.25) is 9.69 Å². The number of morpholine rings is 1. The molecule has 0 N–H and O–H groups in total. The maximum atomic E-state index is 13.7. The molecule has 2 atom stereocenters. The van der Waals surface area contributed by atoms with Gasteiger partial charge in [0.25, 0.3) is 5.91 Å². The molecule has 2 unspecified atom stereocenters. The van der Waals surface area contributed by atoms with Crippen LogP contribution in [-0.4, -0.2) is 88.1 Å². The second kappa shape index (κ2) is 12.3. The van der Waals surface area contributed by atoms with Gasteiger partial charge in [-0.25, -0.2) is 13.4 Å². The smallest absolute Gasteiger partial charge is 0.260 e. The maximum absolute atomic E-state index is 13.7. The van der Waals surface area contributed by atoms with Gasteiger partial charge in [0.15, 0.2) is 5.13 Å². The molecule has 3 aromatic rings. The Hall–Kier alpha value is -2.28. The Morgan fingerprint density at radius 2 is 1.74 bits per heavy atom. The molecule has 2 heterocycles. The highest BCUT2D eigenvalue weighted by Crippen LogP contribution is 2.37. The molecule has 0 bridgehead atoms. The number of carbonyl (C=O) groups is 1. The van der Waals surface area contributed by atoms with Crippen LogP contribution >= 0.6 is 23.7 Å². The number of aryl methyl sites for hydroxylation is 1. The highest BCUT2D eigenvalue weighted by atomic mass is 35.5. The number of thiazole rings is 1. The number of methoxy groups -OCH3 is 1. The minimum Gasteiger partial charge on any atom is -0.494 e.